The largest absolute Gasteiger partial charge is 0.310 e. The van der Waals surface area contributed by atoms with Gasteiger partial charge >= 0.3 is 0 Å². The van der Waals surface area contributed by atoms with Gasteiger partial charge in [0.15, 0.2) is 0 Å². The summed E-state index contributed by atoms with van der Waals surface area (Å²) in [5.41, 5.74) is 1.05. The van der Waals surface area contributed by atoms with Crippen LogP contribution in [0, 0.1) is 5.92 Å². The third kappa shape index (κ3) is 2.79. The minimum Gasteiger partial charge on any atom is -0.310 e. The summed E-state index contributed by atoms with van der Waals surface area (Å²) in [5.74, 6) is 0.810. The normalized spacial score (nSPS) is 24.5. The Morgan fingerprint density at radius 1 is 1.38 bits per heavy atom. The monoisotopic (exact) mass is 225 g/mol. The number of nitrogens with one attached hydrogen (secondary N) is 1. The van der Waals surface area contributed by atoms with Crippen molar-refractivity contribution in [2.45, 2.75) is 38.8 Å². The minimum atomic E-state index is -2.37. The first-order chi connectivity index (χ1) is 7.65. The highest BCUT2D eigenvalue weighted by Gasteiger charge is 2.24. The Kier molecular flexibility index (Phi) is 3.54. The van der Waals surface area contributed by atoms with Gasteiger partial charge in [-0.25, -0.2) is 8.78 Å². The Morgan fingerprint density at radius 2 is 2.12 bits per heavy atom. The fourth-order valence-electron chi connectivity index (χ4n) is 2.17. The van der Waals surface area contributed by atoms with E-state index >= 15 is 0 Å². The molecule has 1 aliphatic rings. The molecule has 0 unspecified atom stereocenters. The summed E-state index contributed by atoms with van der Waals surface area (Å²) in [4.78, 5) is 0. The van der Waals surface area contributed by atoms with E-state index in [-0.39, 0.29) is 5.56 Å². The van der Waals surface area contributed by atoms with Crippen molar-refractivity contribution in [1.82, 2.24) is 5.32 Å². The van der Waals surface area contributed by atoms with E-state index in [0.717, 1.165) is 11.5 Å². The molecule has 1 aromatic rings. The van der Waals surface area contributed by atoms with Gasteiger partial charge in [0.2, 0.25) is 0 Å². The maximum atomic E-state index is 12.5. The van der Waals surface area contributed by atoms with E-state index in [9.17, 15) is 8.78 Å². The number of alkyl halides is 2. The lowest BCUT2D eigenvalue weighted by Crippen LogP contribution is -2.39. The van der Waals surface area contributed by atoms with Crippen molar-refractivity contribution in [3.05, 3.63) is 35.4 Å². The first-order valence-electron chi connectivity index (χ1n) is 5.75. The summed E-state index contributed by atoms with van der Waals surface area (Å²) >= 11 is 0. The lowest BCUT2D eigenvalue weighted by Gasteiger charge is -2.33. The van der Waals surface area contributed by atoms with Gasteiger partial charge < -0.3 is 5.32 Å². The second-order valence-electron chi connectivity index (χ2n) is 4.70. The third-order valence-corrected chi connectivity index (χ3v) is 3.17. The Labute approximate surface area is 94.9 Å². The zero-order chi connectivity index (χ0) is 11.5. The van der Waals surface area contributed by atoms with Crippen LogP contribution in [0.5, 0.6) is 0 Å². The fourth-order valence-corrected chi connectivity index (χ4v) is 2.17. The van der Waals surface area contributed by atoms with Gasteiger partial charge in [0.05, 0.1) is 0 Å². The fraction of sp³-hybridized carbons (Fsp3) is 0.538. The number of halogens is 2. The van der Waals surface area contributed by atoms with E-state index in [1.807, 2.05) is 6.07 Å². The second-order valence-corrected chi connectivity index (χ2v) is 4.70. The molecule has 88 valence electrons. The van der Waals surface area contributed by atoms with Crippen molar-refractivity contribution in [2.75, 3.05) is 0 Å². The van der Waals surface area contributed by atoms with Crippen LogP contribution in [0.3, 0.4) is 0 Å². The Hall–Kier alpha value is -0.960. The minimum absolute atomic E-state index is 0.112. The quantitative estimate of drug-likeness (QED) is 0.826. The molecule has 16 heavy (non-hydrogen) atoms. The average Bonchev–Trinajstić information content (AvgIpc) is 2.23. The van der Waals surface area contributed by atoms with E-state index in [1.165, 1.54) is 18.9 Å². The Morgan fingerprint density at radius 3 is 2.75 bits per heavy atom. The van der Waals surface area contributed by atoms with Gasteiger partial charge in [-0.2, -0.15) is 0 Å². The molecule has 1 saturated carbocycles. The summed E-state index contributed by atoms with van der Waals surface area (Å²) < 4.78 is 24.9. The standard InChI is InChI=1S/C13H17F2N/c1-9-5-12(6-9)16-8-10-3-2-4-11(7-10)13(14)15/h2-4,7,9,12-13,16H,5-6,8H2,1H3. The van der Waals surface area contributed by atoms with Gasteiger partial charge in [0.1, 0.15) is 0 Å². The van der Waals surface area contributed by atoms with Gasteiger partial charge in [-0.05, 0) is 30.4 Å². The molecule has 1 N–H and O–H groups in total. The predicted molar refractivity (Wildman–Crippen MR) is 60.4 cm³/mol. The molecule has 1 nitrogen and oxygen atoms in total. The topological polar surface area (TPSA) is 12.0 Å². The number of rotatable bonds is 4. The first kappa shape index (κ1) is 11.5. The predicted octanol–water partition coefficient (Wildman–Crippen LogP) is 3.51. The molecular formula is C13H17F2N. The van der Waals surface area contributed by atoms with Crippen LogP contribution < -0.4 is 5.32 Å². The molecule has 0 aliphatic heterocycles. The summed E-state index contributed by atoms with van der Waals surface area (Å²) in [6.45, 7) is 2.92. The molecule has 1 aromatic carbocycles. The van der Waals surface area contributed by atoms with Crippen molar-refractivity contribution in [3.8, 4) is 0 Å². The summed E-state index contributed by atoms with van der Waals surface area (Å²) in [6, 6.07) is 7.22. The van der Waals surface area contributed by atoms with E-state index in [1.54, 1.807) is 12.1 Å². The van der Waals surface area contributed by atoms with Crippen LogP contribution >= 0.6 is 0 Å². The van der Waals surface area contributed by atoms with Gasteiger partial charge in [-0.3, -0.25) is 0 Å². The van der Waals surface area contributed by atoms with Gasteiger partial charge in [-0.1, -0.05) is 25.1 Å². The van der Waals surface area contributed by atoms with Gasteiger partial charge in [0.25, 0.3) is 6.43 Å². The molecule has 0 atom stereocenters. The van der Waals surface area contributed by atoms with Crippen LogP contribution in [0.4, 0.5) is 8.78 Å². The van der Waals surface area contributed by atoms with E-state index < -0.39 is 6.43 Å². The average molecular weight is 225 g/mol. The van der Waals surface area contributed by atoms with E-state index in [2.05, 4.69) is 12.2 Å². The lowest BCUT2D eigenvalue weighted by atomic mass is 9.82. The maximum Gasteiger partial charge on any atom is 0.263 e. The Bertz CT molecular complexity index is 346. The van der Waals surface area contributed by atoms with Crippen molar-refractivity contribution < 1.29 is 8.78 Å². The highest BCUT2D eigenvalue weighted by atomic mass is 19.3. The smallest absolute Gasteiger partial charge is 0.263 e. The molecule has 0 saturated heterocycles. The molecule has 1 fully saturated rings. The van der Waals surface area contributed by atoms with E-state index in [4.69, 9.17) is 0 Å². The third-order valence-electron chi connectivity index (χ3n) is 3.17. The molecule has 0 bridgehead atoms. The molecule has 0 aromatic heterocycles. The zero-order valence-electron chi connectivity index (χ0n) is 9.42. The number of hydrogen-bond donors (Lipinski definition) is 1. The molecule has 0 radical (unpaired) electrons. The van der Waals surface area contributed by atoms with Crippen LogP contribution in [0.25, 0.3) is 0 Å². The molecule has 1 aliphatic carbocycles. The first-order valence-corrected chi connectivity index (χ1v) is 5.75. The second kappa shape index (κ2) is 4.91. The molecule has 0 spiro atoms. The summed E-state index contributed by atoms with van der Waals surface area (Å²) in [6.07, 6.45) is 0.0342. The van der Waals surface area contributed by atoms with Crippen LogP contribution in [0.1, 0.15) is 37.3 Å². The van der Waals surface area contributed by atoms with Crippen LogP contribution in [0.2, 0.25) is 0 Å². The number of benzene rings is 1. The maximum absolute atomic E-state index is 12.5. The van der Waals surface area contributed by atoms with Gasteiger partial charge in [0, 0.05) is 18.2 Å². The molecule has 0 amide bonds. The van der Waals surface area contributed by atoms with Crippen LogP contribution in [0.15, 0.2) is 24.3 Å². The van der Waals surface area contributed by atoms with Crippen molar-refractivity contribution >= 4 is 0 Å². The molecular weight excluding hydrogens is 208 g/mol. The molecule has 0 heterocycles. The molecule has 3 heteroatoms. The summed E-state index contributed by atoms with van der Waals surface area (Å²) in [5, 5.41) is 3.39. The Balaban J connectivity index is 1.86. The lowest BCUT2D eigenvalue weighted by molar-refractivity contribution is 0.151. The van der Waals surface area contributed by atoms with Crippen molar-refractivity contribution in [2.24, 2.45) is 5.92 Å². The van der Waals surface area contributed by atoms with Crippen LogP contribution in [-0.4, -0.2) is 6.04 Å². The van der Waals surface area contributed by atoms with E-state index in [0.29, 0.717) is 12.6 Å². The summed E-state index contributed by atoms with van der Waals surface area (Å²) in [7, 11) is 0. The SMILES string of the molecule is CC1CC(NCc2cccc(C(F)F)c2)C1. The van der Waals surface area contributed by atoms with Gasteiger partial charge in [-0.15, -0.1) is 0 Å². The van der Waals surface area contributed by atoms with Crippen LogP contribution in [-0.2, 0) is 6.54 Å². The number of hydrogen-bond acceptors (Lipinski definition) is 1. The molecule has 2 rings (SSSR count). The highest BCUT2D eigenvalue weighted by Crippen LogP contribution is 2.26. The van der Waals surface area contributed by atoms with Crippen molar-refractivity contribution in [3.63, 3.8) is 0 Å². The van der Waals surface area contributed by atoms with Crippen molar-refractivity contribution in [1.29, 1.82) is 0 Å². The highest BCUT2D eigenvalue weighted by molar-refractivity contribution is 5.24. The zero-order valence-corrected chi connectivity index (χ0v) is 9.42.